The molecule has 3 aromatic rings. The van der Waals surface area contributed by atoms with E-state index in [1.54, 1.807) is 49.9 Å². The summed E-state index contributed by atoms with van der Waals surface area (Å²) < 4.78 is 6.59. The Hall–Kier alpha value is -2.09. The Morgan fingerprint density at radius 3 is 2.68 bits per heavy atom. The molecule has 0 unspecified atom stereocenters. The summed E-state index contributed by atoms with van der Waals surface area (Å²) >= 11 is 8.81. The number of anilines is 1. The molecule has 146 valence electrons. The fraction of sp³-hybridized carbons (Fsp3) is 0.250. The Bertz CT molecular complexity index is 958. The summed E-state index contributed by atoms with van der Waals surface area (Å²) in [6.45, 7) is 5.47. The largest absolute Gasteiger partial charge is 0.478 e. The molecule has 1 aromatic heterocycles. The number of nitrogens with one attached hydrogen (secondary N) is 1. The van der Waals surface area contributed by atoms with Crippen molar-refractivity contribution in [3.05, 3.63) is 64.7 Å². The first kappa shape index (κ1) is 20.6. The zero-order valence-corrected chi connectivity index (χ0v) is 18.1. The maximum Gasteiger partial charge on any atom is 0.269 e. The van der Waals surface area contributed by atoms with Gasteiger partial charge in [0.1, 0.15) is 5.75 Å². The first-order chi connectivity index (χ1) is 13.3. The number of thioether (sulfide) groups is 1. The number of amides is 1. The van der Waals surface area contributed by atoms with Crippen LogP contribution in [0.4, 0.5) is 5.13 Å². The SMILES string of the molecule is Cc1cccc(CSc2nnc(NC(=O)C(C)(C)Oc3ccc(Cl)cc3)s2)c1. The molecule has 2 aromatic carbocycles. The van der Waals surface area contributed by atoms with Crippen LogP contribution in [0, 0.1) is 6.92 Å². The third-order valence-electron chi connectivity index (χ3n) is 3.81. The van der Waals surface area contributed by atoms with Crippen molar-refractivity contribution in [2.24, 2.45) is 0 Å². The molecule has 0 bridgehead atoms. The van der Waals surface area contributed by atoms with Crippen LogP contribution in [0.25, 0.3) is 0 Å². The van der Waals surface area contributed by atoms with Gasteiger partial charge in [0, 0.05) is 10.8 Å². The van der Waals surface area contributed by atoms with Gasteiger partial charge < -0.3 is 4.74 Å². The van der Waals surface area contributed by atoms with E-state index >= 15 is 0 Å². The fourth-order valence-corrected chi connectivity index (χ4v) is 4.17. The van der Waals surface area contributed by atoms with E-state index in [0.717, 1.165) is 10.1 Å². The van der Waals surface area contributed by atoms with E-state index in [4.69, 9.17) is 16.3 Å². The molecule has 0 saturated carbocycles. The number of hydrogen-bond donors (Lipinski definition) is 1. The summed E-state index contributed by atoms with van der Waals surface area (Å²) in [5, 5.41) is 12.0. The van der Waals surface area contributed by atoms with Crippen LogP contribution in [0.3, 0.4) is 0 Å². The lowest BCUT2D eigenvalue weighted by molar-refractivity contribution is -0.128. The zero-order chi connectivity index (χ0) is 20.1. The van der Waals surface area contributed by atoms with E-state index in [9.17, 15) is 4.79 Å². The quantitative estimate of drug-likeness (QED) is 0.388. The minimum absolute atomic E-state index is 0.297. The van der Waals surface area contributed by atoms with Crippen molar-refractivity contribution in [3.8, 4) is 5.75 Å². The number of hydrogen-bond acceptors (Lipinski definition) is 6. The highest BCUT2D eigenvalue weighted by molar-refractivity contribution is 8.00. The van der Waals surface area contributed by atoms with Gasteiger partial charge in [-0.05, 0) is 50.6 Å². The fourth-order valence-electron chi connectivity index (χ4n) is 2.36. The molecule has 8 heteroatoms. The van der Waals surface area contributed by atoms with Crippen LogP contribution in [-0.4, -0.2) is 21.7 Å². The van der Waals surface area contributed by atoms with Crippen LogP contribution in [0.5, 0.6) is 5.75 Å². The molecule has 1 amide bonds. The van der Waals surface area contributed by atoms with E-state index < -0.39 is 5.60 Å². The lowest BCUT2D eigenvalue weighted by Crippen LogP contribution is -2.42. The first-order valence-corrected chi connectivity index (χ1v) is 10.8. The molecule has 0 atom stereocenters. The molecule has 0 aliphatic rings. The average Bonchev–Trinajstić information content (AvgIpc) is 3.09. The number of nitrogens with zero attached hydrogens (tertiary/aromatic N) is 2. The molecule has 0 radical (unpaired) electrons. The van der Waals surface area contributed by atoms with Gasteiger partial charge in [0.2, 0.25) is 5.13 Å². The van der Waals surface area contributed by atoms with Crippen molar-refractivity contribution >= 4 is 45.7 Å². The molecule has 0 aliphatic carbocycles. The third kappa shape index (κ3) is 5.70. The minimum atomic E-state index is -1.08. The number of halogens is 1. The number of rotatable bonds is 7. The Morgan fingerprint density at radius 1 is 1.21 bits per heavy atom. The summed E-state index contributed by atoms with van der Waals surface area (Å²) in [7, 11) is 0. The molecule has 1 heterocycles. The van der Waals surface area contributed by atoms with Crippen LogP contribution >= 0.6 is 34.7 Å². The van der Waals surface area contributed by atoms with Gasteiger partial charge in [-0.15, -0.1) is 10.2 Å². The predicted molar refractivity (Wildman–Crippen MR) is 115 cm³/mol. The highest BCUT2D eigenvalue weighted by atomic mass is 35.5. The highest BCUT2D eigenvalue weighted by Crippen LogP contribution is 2.29. The van der Waals surface area contributed by atoms with Crippen LogP contribution < -0.4 is 10.1 Å². The van der Waals surface area contributed by atoms with Crippen LogP contribution in [0.1, 0.15) is 25.0 Å². The Balaban J connectivity index is 1.57. The molecular formula is C20H20ClN3O2S2. The third-order valence-corrected chi connectivity index (χ3v) is 6.10. The van der Waals surface area contributed by atoms with Crippen LogP contribution in [0.2, 0.25) is 5.02 Å². The number of carbonyl (C=O) groups is 1. The number of aromatic nitrogens is 2. The molecule has 0 saturated heterocycles. The monoisotopic (exact) mass is 433 g/mol. The summed E-state index contributed by atoms with van der Waals surface area (Å²) in [5.74, 6) is 1.07. The van der Waals surface area contributed by atoms with Gasteiger partial charge >= 0.3 is 0 Å². The number of ether oxygens (including phenoxy) is 1. The van der Waals surface area contributed by atoms with E-state index in [0.29, 0.717) is 15.9 Å². The summed E-state index contributed by atoms with van der Waals surface area (Å²) in [5.41, 5.74) is 1.38. The molecule has 5 nitrogen and oxygen atoms in total. The van der Waals surface area contributed by atoms with E-state index in [1.165, 1.54) is 22.5 Å². The van der Waals surface area contributed by atoms with Gasteiger partial charge in [0.25, 0.3) is 5.91 Å². The van der Waals surface area contributed by atoms with Crippen molar-refractivity contribution in [3.63, 3.8) is 0 Å². The first-order valence-electron chi connectivity index (χ1n) is 8.60. The minimum Gasteiger partial charge on any atom is -0.478 e. The van der Waals surface area contributed by atoms with Crippen LogP contribution in [-0.2, 0) is 10.5 Å². The highest BCUT2D eigenvalue weighted by Gasteiger charge is 2.31. The van der Waals surface area contributed by atoms with Gasteiger partial charge in [-0.25, -0.2) is 0 Å². The number of aryl methyl sites for hydroxylation is 1. The van der Waals surface area contributed by atoms with Gasteiger partial charge in [-0.2, -0.15) is 0 Å². The van der Waals surface area contributed by atoms with Gasteiger partial charge in [-0.3, -0.25) is 10.1 Å². The topological polar surface area (TPSA) is 64.1 Å². The molecular weight excluding hydrogens is 414 g/mol. The van der Waals surface area contributed by atoms with Crippen molar-refractivity contribution in [2.75, 3.05) is 5.32 Å². The summed E-state index contributed by atoms with van der Waals surface area (Å²) in [6, 6.07) is 15.2. The average molecular weight is 434 g/mol. The van der Waals surface area contributed by atoms with Crippen LogP contribution in [0.15, 0.2) is 52.9 Å². The van der Waals surface area contributed by atoms with Crippen molar-refractivity contribution in [1.82, 2.24) is 10.2 Å². The number of benzene rings is 2. The smallest absolute Gasteiger partial charge is 0.269 e. The van der Waals surface area contributed by atoms with Gasteiger partial charge in [-0.1, -0.05) is 64.5 Å². The second-order valence-electron chi connectivity index (χ2n) is 6.67. The second-order valence-corrected chi connectivity index (χ2v) is 9.31. The van der Waals surface area contributed by atoms with Crippen molar-refractivity contribution in [2.45, 2.75) is 36.5 Å². The number of carbonyl (C=O) groups excluding carboxylic acids is 1. The Labute approximate surface area is 177 Å². The zero-order valence-electron chi connectivity index (χ0n) is 15.7. The van der Waals surface area contributed by atoms with E-state index in [-0.39, 0.29) is 5.91 Å². The molecule has 28 heavy (non-hydrogen) atoms. The molecule has 1 N–H and O–H groups in total. The van der Waals surface area contributed by atoms with E-state index in [1.807, 2.05) is 6.07 Å². The maximum atomic E-state index is 12.6. The lowest BCUT2D eigenvalue weighted by atomic mass is 10.1. The normalized spacial score (nSPS) is 11.3. The summed E-state index contributed by atoms with van der Waals surface area (Å²) in [4.78, 5) is 12.6. The molecule has 0 aliphatic heterocycles. The van der Waals surface area contributed by atoms with Crippen molar-refractivity contribution < 1.29 is 9.53 Å². The Morgan fingerprint density at radius 2 is 1.96 bits per heavy atom. The lowest BCUT2D eigenvalue weighted by Gasteiger charge is -2.24. The standard InChI is InChI=1S/C20H20ClN3O2S2/c1-13-5-4-6-14(11-13)12-27-19-24-23-18(28-19)22-17(25)20(2,3)26-16-9-7-15(21)8-10-16/h4-11H,12H2,1-3H3,(H,22,23,25). The van der Waals surface area contributed by atoms with E-state index in [2.05, 4.69) is 40.6 Å². The van der Waals surface area contributed by atoms with Gasteiger partial charge in [0.15, 0.2) is 9.94 Å². The van der Waals surface area contributed by atoms with Gasteiger partial charge in [0.05, 0.1) is 0 Å². The second kappa shape index (κ2) is 8.94. The Kier molecular flexibility index (Phi) is 6.59. The summed E-state index contributed by atoms with van der Waals surface area (Å²) in [6.07, 6.45) is 0. The molecule has 0 fully saturated rings. The molecule has 3 rings (SSSR count). The molecule has 0 spiro atoms. The maximum absolute atomic E-state index is 12.6. The predicted octanol–water partition coefficient (Wildman–Crippen LogP) is 5.59. The van der Waals surface area contributed by atoms with Crippen molar-refractivity contribution in [1.29, 1.82) is 0 Å².